The SMILES string of the molecule is Cc1nn(C)c(CC(NN)c2c(F)cc(Br)cc2F)c1Cl. The maximum absolute atomic E-state index is 14.0. The molecule has 0 amide bonds. The van der Waals surface area contributed by atoms with Crippen LogP contribution in [-0.4, -0.2) is 9.78 Å². The third kappa shape index (κ3) is 3.26. The van der Waals surface area contributed by atoms with Crippen LogP contribution in [0.4, 0.5) is 8.78 Å². The summed E-state index contributed by atoms with van der Waals surface area (Å²) in [6.45, 7) is 1.76. The Balaban J connectivity index is 2.41. The van der Waals surface area contributed by atoms with Crippen molar-refractivity contribution in [2.75, 3.05) is 0 Å². The van der Waals surface area contributed by atoms with Crippen LogP contribution >= 0.6 is 27.5 Å². The normalized spacial score (nSPS) is 12.7. The number of nitrogens with one attached hydrogen (secondary N) is 1. The number of hydrazine groups is 1. The number of aryl methyl sites for hydroxylation is 2. The lowest BCUT2D eigenvalue weighted by atomic mass is 10.0. The molecule has 0 fully saturated rings. The first kappa shape index (κ1) is 16.4. The molecule has 1 aromatic heterocycles. The summed E-state index contributed by atoms with van der Waals surface area (Å²) in [4.78, 5) is 0. The van der Waals surface area contributed by atoms with Crippen LogP contribution in [0.3, 0.4) is 0 Å². The van der Waals surface area contributed by atoms with Gasteiger partial charge in [-0.1, -0.05) is 27.5 Å². The lowest BCUT2D eigenvalue weighted by Crippen LogP contribution is -2.31. The van der Waals surface area contributed by atoms with Gasteiger partial charge in [0.1, 0.15) is 11.6 Å². The van der Waals surface area contributed by atoms with E-state index in [-0.39, 0.29) is 12.0 Å². The first-order valence-electron chi connectivity index (χ1n) is 6.13. The molecule has 1 heterocycles. The Hall–Kier alpha value is -1.02. The number of aromatic nitrogens is 2. The summed E-state index contributed by atoms with van der Waals surface area (Å²) >= 11 is 9.21. The van der Waals surface area contributed by atoms with Gasteiger partial charge in [-0.05, 0) is 19.1 Å². The van der Waals surface area contributed by atoms with Gasteiger partial charge >= 0.3 is 0 Å². The van der Waals surface area contributed by atoms with E-state index >= 15 is 0 Å². The van der Waals surface area contributed by atoms with E-state index in [2.05, 4.69) is 26.5 Å². The van der Waals surface area contributed by atoms with Crippen molar-refractivity contribution < 1.29 is 8.78 Å². The third-order valence-corrected chi connectivity index (χ3v) is 4.20. The molecule has 1 aromatic carbocycles. The molecule has 0 saturated carbocycles. The highest BCUT2D eigenvalue weighted by Gasteiger charge is 2.23. The highest BCUT2D eigenvalue weighted by atomic mass is 79.9. The Morgan fingerprint density at radius 2 is 2.00 bits per heavy atom. The van der Waals surface area contributed by atoms with Crippen molar-refractivity contribution in [3.05, 3.63) is 50.2 Å². The Morgan fingerprint density at radius 3 is 2.43 bits per heavy atom. The van der Waals surface area contributed by atoms with Gasteiger partial charge < -0.3 is 0 Å². The van der Waals surface area contributed by atoms with E-state index in [1.807, 2.05) is 0 Å². The molecule has 0 bridgehead atoms. The summed E-state index contributed by atoms with van der Waals surface area (Å²) < 4.78 is 30.0. The second-order valence-corrected chi connectivity index (χ2v) is 5.97. The van der Waals surface area contributed by atoms with Gasteiger partial charge in [-0.15, -0.1) is 0 Å². The second-order valence-electron chi connectivity index (χ2n) is 4.68. The van der Waals surface area contributed by atoms with Crippen molar-refractivity contribution in [2.45, 2.75) is 19.4 Å². The van der Waals surface area contributed by atoms with E-state index in [9.17, 15) is 8.78 Å². The van der Waals surface area contributed by atoms with Crippen LogP contribution in [0.1, 0.15) is 23.0 Å². The molecular formula is C13H14BrClF2N4. The standard InChI is InChI=1S/C13H14BrClF2N4/c1-6-13(15)11(21(2)20-6)5-10(19-18)12-8(16)3-7(14)4-9(12)17/h3-4,10,19H,5,18H2,1-2H3. The number of benzene rings is 1. The van der Waals surface area contributed by atoms with Crippen LogP contribution in [0.15, 0.2) is 16.6 Å². The molecule has 0 saturated heterocycles. The van der Waals surface area contributed by atoms with Crippen LogP contribution in [0.5, 0.6) is 0 Å². The summed E-state index contributed by atoms with van der Waals surface area (Å²) in [5.41, 5.74) is 3.61. The van der Waals surface area contributed by atoms with Crippen molar-refractivity contribution >= 4 is 27.5 Å². The zero-order valence-corrected chi connectivity index (χ0v) is 13.8. The second kappa shape index (κ2) is 6.39. The van der Waals surface area contributed by atoms with Crippen molar-refractivity contribution in [1.82, 2.24) is 15.2 Å². The lowest BCUT2D eigenvalue weighted by molar-refractivity contribution is 0.463. The highest BCUT2D eigenvalue weighted by molar-refractivity contribution is 9.10. The predicted molar refractivity (Wildman–Crippen MR) is 80.8 cm³/mol. The zero-order valence-electron chi connectivity index (χ0n) is 11.4. The summed E-state index contributed by atoms with van der Waals surface area (Å²) in [5.74, 6) is 4.11. The molecule has 8 heteroatoms. The van der Waals surface area contributed by atoms with E-state index in [0.29, 0.717) is 20.9 Å². The molecule has 0 aliphatic heterocycles. The Bertz CT molecular complexity index is 651. The zero-order chi connectivity index (χ0) is 15.7. The maximum Gasteiger partial charge on any atom is 0.132 e. The van der Waals surface area contributed by atoms with E-state index in [1.54, 1.807) is 18.7 Å². The predicted octanol–water partition coefficient (Wildman–Crippen LogP) is 3.17. The molecule has 0 aliphatic carbocycles. The number of halogens is 4. The minimum Gasteiger partial charge on any atom is -0.271 e. The largest absolute Gasteiger partial charge is 0.271 e. The molecule has 0 aliphatic rings. The molecule has 4 nitrogen and oxygen atoms in total. The number of rotatable bonds is 4. The van der Waals surface area contributed by atoms with Gasteiger partial charge in [-0.25, -0.2) is 8.78 Å². The first-order chi connectivity index (χ1) is 9.85. The topological polar surface area (TPSA) is 55.9 Å². The van der Waals surface area contributed by atoms with Crippen LogP contribution in [-0.2, 0) is 13.5 Å². The van der Waals surface area contributed by atoms with Crippen molar-refractivity contribution in [3.8, 4) is 0 Å². The van der Waals surface area contributed by atoms with Gasteiger partial charge in [0.05, 0.1) is 22.5 Å². The maximum atomic E-state index is 14.0. The molecule has 3 N–H and O–H groups in total. The van der Waals surface area contributed by atoms with E-state index in [0.717, 1.165) is 0 Å². The van der Waals surface area contributed by atoms with Crippen LogP contribution in [0.2, 0.25) is 5.02 Å². The molecule has 0 spiro atoms. The quantitative estimate of drug-likeness (QED) is 0.634. The summed E-state index contributed by atoms with van der Waals surface area (Å²) in [6.07, 6.45) is 0.210. The Labute approximate surface area is 134 Å². The average molecular weight is 380 g/mol. The van der Waals surface area contributed by atoms with Gasteiger partial charge in [0.25, 0.3) is 0 Å². The fraction of sp³-hybridized carbons (Fsp3) is 0.308. The Morgan fingerprint density at radius 1 is 1.43 bits per heavy atom. The van der Waals surface area contributed by atoms with Gasteiger partial charge in [-0.2, -0.15) is 5.10 Å². The number of nitrogens with two attached hydrogens (primary N) is 1. The summed E-state index contributed by atoms with van der Waals surface area (Å²) in [7, 11) is 1.72. The van der Waals surface area contributed by atoms with Crippen LogP contribution < -0.4 is 11.3 Å². The van der Waals surface area contributed by atoms with Crippen LogP contribution in [0.25, 0.3) is 0 Å². The van der Waals surface area contributed by atoms with Crippen molar-refractivity contribution in [2.24, 2.45) is 12.9 Å². The van der Waals surface area contributed by atoms with Crippen molar-refractivity contribution in [1.29, 1.82) is 0 Å². The number of hydrogen-bond acceptors (Lipinski definition) is 3. The molecule has 21 heavy (non-hydrogen) atoms. The van der Waals surface area contributed by atoms with E-state index in [4.69, 9.17) is 17.4 Å². The fourth-order valence-electron chi connectivity index (χ4n) is 2.23. The smallest absolute Gasteiger partial charge is 0.132 e. The molecular weight excluding hydrogens is 366 g/mol. The first-order valence-corrected chi connectivity index (χ1v) is 7.30. The highest BCUT2D eigenvalue weighted by Crippen LogP contribution is 2.29. The van der Waals surface area contributed by atoms with Gasteiger partial charge in [0, 0.05) is 23.5 Å². The molecule has 114 valence electrons. The van der Waals surface area contributed by atoms with Gasteiger partial charge in [0.2, 0.25) is 0 Å². The summed E-state index contributed by atoms with van der Waals surface area (Å²) in [5, 5.41) is 4.64. The fourth-order valence-corrected chi connectivity index (χ4v) is 2.87. The van der Waals surface area contributed by atoms with Gasteiger partial charge in [-0.3, -0.25) is 16.0 Å². The minimum absolute atomic E-state index is 0.129. The lowest BCUT2D eigenvalue weighted by Gasteiger charge is -2.18. The monoisotopic (exact) mass is 378 g/mol. The van der Waals surface area contributed by atoms with E-state index < -0.39 is 17.7 Å². The van der Waals surface area contributed by atoms with Crippen molar-refractivity contribution in [3.63, 3.8) is 0 Å². The van der Waals surface area contributed by atoms with E-state index in [1.165, 1.54) is 12.1 Å². The summed E-state index contributed by atoms with van der Waals surface area (Å²) in [6, 6.07) is 1.63. The van der Waals surface area contributed by atoms with Crippen LogP contribution in [0, 0.1) is 18.6 Å². The molecule has 2 aromatic rings. The minimum atomic E-state index is -0.759. The molecule has 2 rings (SSSR count). The van der Waals surface area contributed by atoms with Gasteiger partial charge in [0.15, 0.2) is 0 Å². The number of hydrogen-bond donors (Lipinski definition) is 2. The molecule has 0 radical (unpaired) electrons. The molecule has 1 atom stereocenters. The Kier molecular flexibility index (Phi) is 4.98. The molecule has 1 unspecified atom stereocenters. The third-order valence-electron chi connectivity index (χ3n) is 3.25. The number of nitrogens with zero attached hydrogens (tertiary/aromatic N) is 2. The average Bonchev–Trinajstić information content (AvgIpc) is 2.62.